The van der Waals surface area contributed by atoms with Crippen LogP contribution in [-0.2, 0) is 11.3 Å². The first-order chi connectivity index (χ1) is 12.7. The first-order valence-electron chi connectivity index (χ1n) is 9.61. The highest BCUT2D eigenvalue weighted by molar-refractivity contribution is 5.64. The number of aromatic nitrogens is 1. The van der Waals surface area contributed by atoms with Crippen molar-refractivity contribution < 1.29 is 9.47 Å². The number of ether oxygens (including phenoxy) is 2. The van der Waals surface area contributed by atoms with Crippen LogP contribution >= 0.6 is 0 Å². The first-order valence-corrected chi connectivity index (χ1v) is 9.61. The highest BCUT2D eigenvalue weighted by atomic mass is 16.7. The molecule has 2 fully saturated rings. The molecule has 0 bridgehead atoms. The number of pyridine rings is 1. The van der Waals surface area contributed by atoms with Gasteiger partial charge in [0.1, 0.15) is 5.75 Å². The summed E-state index contributed by atoms with van der Waals surface area (Å²) in [4.78, 5) is 17.3. The van der Waals surface area contributed by atoms with Crippen LogP contribution in [0.5, 0.6) is 5.75 Å². The van der Waals surface area contributed by atoms with Gasteiger partial charge in [0.05, 0.1) is 6.61 Å². The summed E-state index contributed by atoms with van der Waals surface area (Å²) in [5.41, 5.74) is 2.50. The Hall–Kier alpha value is -2.11. The number of benzene rings is 1. The highest BCUT2D eigenvalue weighted by Crippen LogP contribution is 2.40. The number of piperidine rings is 1. The summed E-state index contributed by atoms with van der Waals surface area (Å²) in [6.07, 6.45) is 7.55. The molecule has 1 saturated heterocycles. The molecule has 1 aromatic carbocycles. The summed E-state index contributed by atoms with van der Waals surface area (Å²) in [7, 11) is 0. The van der Waals surface area contributed by atoms with Gasteiger partial charge in [0.25, 0.3) is 5.56 Å². The van der Waals surface area contributed by atoms with E-state index in [4.69, 9.17) is 9.47 Å². The van der Waals surface area contributed by atoms with Crippen molar-refractivity contribution in [3.05, 3.63) is 52.4 Å². The second-order valence-corrected chi connectivity index (χ2v) is 7.66. The molecular weight excluding hydrogens is 328 g/mol. The van der Waals surface area contributed by atoms with Crippen LogP contribution in [0.1, 0.15) is 37.7 Å². The molecule has 5 rings (SSSR count). The van der Waals surface area contributed by atoms with Crippen molar-refractivity contribution in [2.24, 2.45) is 0 Å². The molecule has 0 radical (unpaired) electrons. The lowest BCUT2D eigenvalue weighted by Crippen LogP contribution is -2.54. The molecule has 136 valence electrons. The minimum Gasteiger partial charge on any atom is -0.462 e. The molecule has 2 aromatic rings. The molecular formula is C21H24N2O3. The van der Waals surface area contributed by atoms with Crippen molar-refractivity contribution in [2.75, 3.05) is 13.1 Å². The van der Waals surface area contributed by atoms with E-state index >= 15 is 0 Å². The van der Waals surface area contributed by atoms with Crippen molar-refractivity contribution in [3.63, 3.8) is 0 Å². The number of hydrogen-bond donors (Lipinski definition) is 1. The first kappa shape index (κ1) is 16.1. The van der Waals surface area contributed by atoms with Crippen molar-refractivity contribution in [2.45, 2.75) is 50.5 Å². The van der Waals surface area contributed by atoms with Gasteiger partial charge in [0.15, 0.2) is 0 Å². The number of rotatable bonds is 2. The molecule has 3 aliphatic rings. The Balaban J connectivity index is 1.34. The summed E-state index contributed by atoms with van der Waals surface area (Å²) < 4.78 is 12.5. The van der Waals surface area contributed by atoms with Gasteiger partial charge >= 0.3 is 0 Å². The molecule has 1 saturated carbocycles. The van der Waals surface area contributed by atoms with Gasteiger partial charge in [-0.2, -0.15) is 0 Å². The van der Waals surface area contributed by atoms with Gasteiger partial charge in [-0.25, -0.2) is 0 Å². The number of H-pyrrole nitrogens is 1. The molecule has 1 spiro atoms. The van der Waals surface area contributed by atoms with E-state index < -0.39 is 5.79 Å². The van der Waals surface area contributed by atoms with Crippen LogP contribution in [0.3, 0.4) is 0 Å². The SMILES string of the molecule is O=c1[nH]cccc1-c1ccc2c(c1)COC1(CCN(C3CCC3)CC1)O2. The maximum atomic E-state index is 12.0. The van der Waals surface area contributed by atoms with Crippen LogP contribution in [0.15, 0.2) is 41.3 Å². The van der Waals surface area contributed by atoms with E-state index in [-0.39, 0.29) is 5.56 Å². The standard InChI is InChI=1S/C21H24N2O3/c24-20-18(5-2-10-22-20)15-6-7-19-16(13-15)14-25-21(26-19)8-11-23(12-9-21)17-3-1-4-17/h2,5-7,10,13,17H,1,3-4,8-9,11-12,14H2,(H,22,24). The minimum atomic E-state index is -0.473. The number of likely N-dealkylation sites (tertiary alicyclic amines) is 1. The Morgan fingerprint density at radius 3 is 2.73 bits per heavy atom. The third kappa shape index (κ3) is 2.75. The molecule has 3 heterocycles. The molecule has 0 unspecified atom stereocenters. The molecule has 5 heteroatoms. The van der Waals surface area contributed by atoms with Gasteiger partial charge in [-0.1, -0.05) is 12.5 Å². The molecule has 26 heavy (non-hydrogen) atoms. The molecule has 1 N–H and O–H groups in total. The van der Waals surface area contributed by atoms with E-state index in [2.05, 4.69) is 9.88 Å². The van der Waals surface area contributed by atoms with Crippen molar-refractivity contribution in [1.29, 1.82) is 0 Å². The lowest BCUT2D eigenvalue weighted by atomic mass is 9.89. The third-order valence-corrected chi connectivity index (χ3v) is 6.13. The second-order valence-electron chi connectivity index (χ2n) is 7.66. The summed E-state index contributed by atoms with van der Waals surface area (Å²) >= 11 is 0. The Morgan fingerprint density at radius 2 is 2.00 bits per heavy atom. The lowest BCUT2D eigenvalue weighted by molar-refractivity contribution is -0.231. The third-order valence-electron chi connectivity index (χ3n) is 6.13. The molecule has 5 nitrogen and oxygen atoms in total. The van der Waals surface area contributed by atoms with Gasteiger partial charge in [-0.05, 0) is 42.7 Å². The van der Waals surface area contributed by atoms with E-state index in [1.807, 2.05) is 30.3 Å². The molecule has 0 atom stereocenters. The average Bonchev–Trinajstić information content (AvgIpc) is 2.62. The number of nitrogens with one attached hydrogen (secondary N) is 1. The van der Waals surface area contributed by atoms with Crippen molar-refractivity contribution >= 4 is 0 Å². The quantitative estimate of drug-likeness (QED) is 0.901. The Kier molecular flexibility index (Phi) is 3.87. The van der Waals surface area contributed by atoms with E-state index in [9.17, 15) is 4.79 Å². The predicted octanol–water partition coefficient (Wildman–Crippen LogP) is 3.30. The summed E-state index contributed by atoms with van der Waals surface area (Å²) in [5, 5.41) is 0. The van der Waals surface area contributed by atoms with E-state index in [1.165, 1.54) is 19.3 Å². The highest BCUT2D eigenvalue weighted by Gasteiger charge is 2.42. The van der Waals surface area contributed by atoms with Gasteiger partial charge in [-0.3, -0.25) is 9.69 Å². The van der Waals surface area contributed by atoms with Crippen LogP contribution < -0.4 is 10.3 Å². The smallest absolute Gasteiger partial charge is 0.255 e. The zero-order chi connectivity index (χ0) is 17.6. The number of hydrogen-bond acceptors (Lipinski definition) is 4. The number of nitrogens with zero attached hydrogens (tertiary/aromatic N) is 1. The molecule has 1 aromatic heterocycles. The van der Waals surface area contributed by atoms with Crippen LogP contribution in [0.2, 0.25) is 0 Å². The topological polar surface area (TPSA) is 54.6 Å². The largest absolute Gasteiger partial charge is 0.462 e. The van der Waals surface area contributed by atoms with Gasteiger partial charge in [0.2, 0.25) is 5.79 Å². The molecule has 2 aliphatic heterocycles. The molecule has 1 aliphatic carbocycles. The van der Waals surface area contributed by atoms with Gasteiger partial charge in [-0.15, -0.1) is 0 Å². The summed E-state index contributed by atoms with van der Waals surface area (Å²) in [6, 6.07) is 10.4. The van der Waals surface area contributed by atoms with Crippen LogP contribution in [0.4, 0.5) is 0 Å². The zero-order valence-corrected chi connectivity index (χ0v) is 14.9. The van der Waals surface area contributed by atoms with Crippen LogP contribution in [0.25, 0.3) is 11.1 Å². The zero-order valence-electron chi connectivity index (χ0n) is 14.9. The maximum Gasteiger partial charge on any atom is 0.255 e. The van der Waals surface area contributed by atoms with Crippen LogP contribution in [-0.4, -0.2) is 34.8 Å². The Morgan fingerprint density at radius 1 is 1.15 bits per heavy atom. The second kappa shape index (κ2) is 6.25. The van der Waals surface area contributed by atoms with Gasteiger partial charge < -0.3 is 14.5 Å². The van der Waals surface area contributed by atoms with Crippen LogP contribution in [0, 0.1) is 0 Å². The Bertz CT molecular complexity index is 864. The Labute approximate surface area is 152 Å². The number of aromatic amines is 1. The fourth-order valence-corrected chi connectivity index (χ4v) is 4.28. The fourth-order valence-electron chi connectivity index (χ4n) is 4.28. The van der Waals surface area contributed by atoms with Crippen molar-refractivity contribution in [3.8, 4) is 16.9 Å². The number of fused-ring (bicyclic) bond motifs is 1. The minimum absolute atomic E-state index is 0.0788. The van der Waals surface area contributed by atoms with E-state index in [0.717, 1.165) is 48.8 Å². The van der Waals surface area contributed by atoms with E-state index in [0.29, 0.717) is 12.2 Å². The molecule has 0 amide bonds. The average molecular weight is 352 g/mol. The van der Waals surface area contributed by atoms with Crippen molar-refractivity contribution in [1.82, 2.24) is 9.88 Å². The normalized spacial score (nSPS) is 22.5. The monoisotopic (exact) mass is 352 g/mol. The predicted molar refractivity (Wildman–Crippen MR) is 99.1 cm³/mol. The summed E-state index contributed by atoms with van der Waals surface area (Å²) in [5.74, 6) is 0.420. The summed E-state index contributed by atoms with van der Waals surface area (Å²) in [6.45, 7) is 2.65. The fraction of sp³-hybridized carbons (Fsp3) is 0.476. The lowest BCUT2D eigenvalue weighted by Gasteiger charge is -2.47. The maximum absolute atomic E-state index is 12.0. The van der Waals surface area contributed by atoms with Gasteiger partial charge in [0, 0.05) is 49.3 Å². The van der Waals surface area contributed by atoms with E-state index in [1.54, 1.807) is 6.20 Å².